The number of carbonyl (C=O) groups is 3. The Labute approximate surface area is 170 Å². The van der Waals surface area contributed by atoms with Crippen molar-refractivity contribution >= 4 is 57.7 Å². The van der Waals surface area contributed by atoms with E-state index in [2.05, 4.69) is 5.32 Å². The van der Waals surface area contributed by atoms with Gasteiger partial charge in [-0.1, -0.05) is 24.3 Å². The van der Waals surface area contributed by atoms with Crippen molar-refractivity contribution in [2.75, 3.05) is 11.9 Å². The first kappa shape index (κ1) is 19.7. The average Bonchev–Trinajstić information content (AvgIpc) is 3.38. The molecule has 142 valence electrons. The minimum atomic E-state index is -0.578. The smallest absolute Gasteiger partial charge is 0.340 e. The Morgan fingerprint density at radius 3 is 2.43 bits per heavy atom. The fraction of sp³-hybridized carbons (Fsp3) is 0.0952. The number of amides is 1. The molecular formula is C21H17NO4S2. The molecule has 0 fully saturated rings. The summed E-state index contributed by atoms with van der Waals surface area (Å²) in [4.78, 5) is 38.1. The largest absolute Gasteiger partial charge is 0.452 e. The summed E-state index contributed by atoms with van der Waals surface area (Å²) in [5.41, 5.74) is 1.19. The number of Topliss-reactive ketones (excluding diaryl/α,β-unsaturated/α-hetero) is 1. The van der Waals surface area contributed by atoms with Crippen molar-refractivity contribution in [1.82, 2.24) is 0 Å². The summed E-state index contributed by atoms with van der Waals surface area (Å²) in [5.74, 6) is -1.25. The lowest BCUT2D eigenvalue weighted by Gasteiger charge is -2.10. The average molecular weight is 412 g/mol. The van der Waals surface area contributed by atoms with Gasteiger partial charge in [0.2, 0.25) is 0 Å². The van der Waals surface area contributed by atoms with E-state index in [1.165, 1.54) is 29.6 Å². The Balaban J connectivity index is 1.68. The molecule has 1 aromatic carbocycles. The Morgan fingerprint density at radius 1 is 1.00 bits per heavy atom. The third-order valence-corrected chi connectivity index (χ3v) is 5.47. The van der Waals surface area contributed by atoms with E-state index in [0.717, 1.165) is 9.75 Å². The van der Waals surface area contributed by atoms with Crippen LogP contribution >= 0.6 is 22.7 Å². The minimum Gasteiger partial charge on any atom is -0.452 e. The highest BCUT2D eigenvalue weighted by Crippen LogP contribution is 2.26. The van der Waals surface area contributed by atoms with Crippen LogP contribution in [0.25, 0.3) is 11.6 Å². The lowest BCUT2D eigenvalue weighted by atomic mass is 10.1. The fourth-order valence-corrected chi connectivity index (χ4v) is 3.86. The Bertz CT molecular complexity index is 1000. The summed E-state index contributed by atoms with van der Waals surface area (Å²) < 4.78 is 5.22. The number of rotatable bonds is 7. The van der Waals surface area contributed by atoms with Crippen LogP contribution in [0, 0.1) is 0 Å². The van der Waals surface area contributed by atoms with Crippen LogP contribution in [0.15, 0.2) is 59.3 Å². The molecule has 0 atom stereocenters. The zero-order valence-electron chi connectivity index (χ0n) is 15.0. The van der Waals surface area contributed by atoms with Crippen molar-refractivity contribution in [3.63, 3.8) is 0 Å². The van der Waals surface area contributed by atoms with Gasteiger partial charge in [0.05, 0.1) is 11.3 Å². The van der Waals surface area contributed by atoms with Crippen molar-refractivity contribution in [2.24, 2.45) is 0 Å². The molecule has 3 rings (SSSR count). The number of benzene rings is 1. The van der Waals surface area contributed by atoms with Crippen molar-refractivity contribution in [1.29, 1.82) is 0 Å². The van der Waals surface area contributed by atoms with Crippen LogP contribution < -0.4 is 5.32 Å². The van der Waals surface area contributed by atoms with E-state index in [4.69, 9.17) is 4.74 Å². The van der Waals surface area contributed by atoms with Gasteiger partial charge in [0.1, 0.15) is 0 Å². The number of hydrogen-bond acceptors (Lipinski definition) is 6. The van der Waals surface area contributed by atoms with Gasteiger partial charge in [-0.3, -0.25) is 9.59 Å². The number of anilines is 1. The molecule has 0 aliphatic heterocycles. The minimum absolute atomic E-state index is 0.160. The molecule has 0 saturated heterocycles. The molecule has 2 heterocycles. The molecule has 1 amide bonds. The van der Waals surface area contributed by atoms with Crippen LogP contribution in [0.2, 0.25) is 0 Å². The SMILES string of the molecule is CC(=O)c1ccccc1NC(=O)COC(=O)/C(=C/c1cccs1)c1cccs1. The first-order valence-corrected chi connectivity index (χ1v) is 10.2. The first-order chi connectivity index (χ1) is 13.5. The quantitative estimate of drug-likeness (QED) is 0.346. The summed E-state index contributed by atoms with van der Waals surface area (Å²) >= 11 is 2.93. The highest BCUT2D eigenvalue weighted by molar-refractivity contribution is 7.12. The van der Waals surface area contributed by atoms with E-state index in [0.29, 0.717) is 16.8 Å². The van der Waals surface area contributed by atoms with E-state index in [9.17, 15) is 14.4 Å². The zero-order valence-corrected chi connectivity index (χ0v) is 16.6. The zero-order chi connectivity index (χ0) is 19.9. The Morgan fingerprint density at radius 2 is 1.75 bits per heavy atom. The summed E-state index contributed by atoms with van der Waals surface area (Å²) in [7, 11) is 0. The molecule has 0 spiro atoms. The normalized spacial score (nSPS) is 11.1. The Kier molecular flexibility index (Phi) is 6.52. The number of carbonyl (C=O) groups excluding carboxylic acids is 3. The molecular weight excluding hydrogens is 394 g/mol. The number of thiophene rings is 2. The molecule has 5 nitrogen and oxygen atoms in total. The molecule has 0 bridgehead atoms. The molecule has 28 heavy (non-hydrogen) atoms. The summed E-state index contributed by atoms with van der Waals surface area (Å²) in [6.45, 7) is 0.978. The second kappa shape index (κ2) is 9.25. The molecule has 1 N–H and O–H groups in total. The maximum atomic E-state index is 12.6. The van der Waals surface area contributed by atoms with Gasteiger partial charge in [-0.25, -0.2) is 4.79 Å². The third kappa shape index (κ3) is 5.03. The van der Waals surface area contributed by atoms with Gasteiger partial charge >= 0.3 is 5.97 Å². The predicted octanol–water partition coefficient (Wildman–Crippen LogP) is 4.73. The van der Waals surface area contributed by atoms with Crippen LogP contribution in [0.4, 0.5) is 5.69 Å². The van der Waals surface area contributed by atoms with Crippen LogP contribution in [0.5, 0.6) is 0 Å². The molecule has 0 aliphatic rings. The fourth-order valence-electron chi connectivity index (χ4n) is 2.47. The van der Waals surface area contributed by atoms with E-state index in [-0.39, 0.29) is 5.78 Å². The van der Waals surface area contributed by atoms with Crippen LogP contribution in [-0.2, 0) is 14.3 Å². The van der Waals surface area contributed by atoms with Crippen molar-refractivity contribution in [3.8, 4) is 0 Å². The maximum Gasteiger partial charge on any atom is 0.340 e. The maximum absolute atomic E-state index is 12.6. The first-order valence-electron chi connectivity index (χ1n) is 8.40. The predicted molar refractivity (Wildman–Crippen MR) is 113 cm³/mol. The summed E-state index contributed by atoms with van der Waals surface area (Å²) in [5, 5.41) is 6.41. The van der Waals surface area contributed by atoms with Gasteiger partial charge < -0.3 is 10.1 Å². The monoisotopic (exact) mass is 411 g/mol. The lowest BCUT2D eigenvalue weighted by molar-refractivity contribution is -0.141. The van der Waals surface area contributed by atoms with Gasteiger partial charge in [-0.2, -0.15) is 0 Å². The highest BCUT2D eigenvalue weighted by Gasteiger charge is 2.17. The molecule has 0 unspecified atom stereocenters. The van der Waals surface area contributed by atoms with E-state index >= 15 is 0 Å². The number of hydrogen-bond donors (Lipinski definition) is 1. The molecule has 2 aromatic heterocycles. The second-order valence-corrected chi connectivity index (χ2v) is 7.70. The van der Waals surface area contributed by atoms with Crippen LogP contribution in [0.3, 0.4) is 0 Å². The van der Waals surface area contributed by atoms with Gasteiger partial charge in [-0.05, 0) is 48.0 Å². The number of ketones is 1. The van der Waals surface area contributed by atoms with Gasteiger partial charge in [-0.15, -0.1) is 22.7 Å². The van der Waals surface area contributed by atoms with Gasteiger partial charge in [0.15, 0.2) is 12.4 Å². The highest BCUT2D eigenvalue weighted by atomic mass is 32.1. The standard InChI is InChI=1S/C21H17NO4S2/c1-14(23)16-7-2-3-8-18(16)22-20(24)13-26-21(25)17(19-9-5-11-28-19)12-15-6-4-10-27-15/h2-12H,13H2,1H3,(H,22,24)/b17-12+. The van der Waals surface area contributed by atoms with E-state index < -0.39 is 18.5 Å². The van der Waals surface area contributed by atoms with Crippen LogP contribution in [-0.4, -0.2) is 24.3 Å². The second-order valence-electron chi connectivity index (χ2n) is 5.78. The van der Waals surface area contributed by atoms with Crippen molar-refractivity contribution in [3.05, 3.63) is 74.6 Å². The topological polar surface area (TPSA) is 72.5 Å². The third-order valence-electron chi connectivity index (χ3n) is 3.75. The van der Waals surface area contributed by atoms with E-state index in [1.807, 2.05) is 35.0 Å². The Hall–Kier alpha value is -3.03. The van der Waals surface area contributed by atoms with Crippen LogP contribution in [0.1, 0.15) is 27.0 Å². The van der Waals surface area contributed by atoms with Crippen molar-refractivity contribution < 1.29 is 19.1 Å². The number of para-hydroxylation sites is 1. The number of ether oxygens (including phenoxy) is 1. The molecule has 0 aliphatic carbocycles. The molecule has 7 heteroatoms. The summed E-state index contributed by atoms with van der Waals surface area (Å²) in [6, 6.07) is 14.2. The van der Waals surface area contributed by atoms with Gasteiger partial charge in [0, 0.05) is 15.3 Å². The molecule has 0 radical (unpaired) electrons. The number of nitrogens with one attached hydrogen (secondary N) is 1. The lowest BCUT2D eigenvalue weighted by Crippen LogP contribution is -2.22. The molecule has 0 saturated carbocycles. The number of esters is 1. The van der Waals surface area contributed by atoms with Gasteiger partial charge in [0.25, 0.3) is 5.91 Å². The molecule has 3 aromatic rings. The van der Waals surface area contributed by atoms with Crippen molar-refractivity contribution in [2.45, 2.75) is 6.92 Å². The summed E-state index contributed by atoms with van der Waals surface area (Å²) in [6.07, 6.45) is 1.75. The van der Waals surface area contributed by atoms with E-state index in [1.54, 1.807) is 30.3 Å².